The minimum absolute atomic E-state index is 0.119. The van der Waals surface area contributed by atoms with Crippen molar-refractivity contribution in [2.24, 2.45) is 0 Å². The average molecular weight is 358 g/mol. The van der Waals surface area contributed by atoms with E-state index in [0.29, 0.717) is 13.0 Å². The number of carbonyl (C=O) groups is 2. The van der Waals surface area contributed by atoms with Crippen molar-refractivity contribution in [1.29, 1.82) is 0 Å². The van der Waals surface area contributed by atoms with Crippen LogP contribution in [-0.4, -0.2) is 34.2 Å². The zero-order valence-electron chi connectivity index (χ0n) is 15.0. The molecule has 1 unspecified atom stereocenters. The zero-order valence-corrected chi connectivity index (χ0v) is 15.0. The minimum Gasteiger partial charge on any atom is -0.354 e. The molecule has 0 bridgehead atoms. The lowest BCUT2D eigenvalue weighted by Gasteiger charge is -2.15. The number of aromatic nitrogens is 2. The lowest BCUT2D eigenvalue weighted by molar-refractivity contribution is -0.128. The van der Waals surface area contributed by atoms with Crippen LogP contribution in [0.4, 0.5) is 4.39 Å². The van der Waals surface area contributed by atoms with Crippen molar-refractivity contribution in [3.05, 3.63) is 47.0 Å². The maximum Gasteiger partial charge on any atom is 0.242 e. The largest absolute Gasteiger partial charge is 0.354 e. The van der Waals surface area contributed by atoms with Gasteiger partial charge in [-0.25, -0.2) is 9.07 Å². The molecule has 0 saturated carbocycles. The molecular formula is C19H23FN4O2. The minimum atomic E-state index is -0.474. The third-order valence-electron chi connectivity index (χ3n) is 4.72. The molecule has 3 rings (SSSR count). The van der Waals surface area contributed by atoms with Gasteiger partial charge in [0.05, 0.1) is 17.8 Å². The van der Waals surface area contributed by atoms with Crippen molar-refractivity contribution in [3.63, 3.8) is 0 Å². The van der Waals surface area contributed by atoms with E-state index < -0.39 is 6.04 Å². The summed E-state index contributed by atoms with van der Waals surface area (Å²) in [4.78, 5) is 24.4. The summed E-state index contributed by atoms with van der Waals surface area (Å²) in [5.41, 5.74) is 3.13. The van der Waals surface area contributed by atoms with Gasteiger partial charge < -0.3 is 10.6 Å². The molecule has 2 N–H and O–H groups in total. The SMILES string of the molecule is Cc1nn(-c2ccc(F)cc2)c(C)c1CC(=O)NC1CCCCNC1=O. The Morgan fingerprint density at radius 2 is 2.04 bits per heavy atom. The predicted molar refractivity (Wildman–Crippen MR) is 95.5 cm³/mol. The van der Waals surface area contributed by atoms with Crippen molar-refractivity contribution in [1.82, 2.24) is 20.4 Å². The Hall–Kier alpha value is -2.70. The fourth-order valence-corrected chi connectivity index (χ4v) is 3.25. The molecule has 2 aromatic rings. The van der Waals surface area contributed by atoms with Crippen molar-refractivity contribution in [2.75, 3.05) is 6.54 Å². The summed E-state index contributed by atoms with van der Waals surface area (Å²) in [6.07, 6.45) is 2.65. The second-order valence-electron chi connectivity index (χ2n) is 6.62. The fraction of sp³-hybridized carbons (Fsp3) is 0.421. The van der Waals surface area contributed by atoms with Gasteiger partial charge in [0.15, 0.2) is 0 Å². The summed E-state index contributed by atoms with van der Waals surface area (Å²) < 4.78 is 14.8. The summed E-state index contributed by atoms with van der Waals surface area (Å²) in [6, 6.07) is 5.58. The summed E-state index contributed by atoms with van der Waals surface area (Å²) in [5, 5.41) is 10.1. The molecule has 0 spiro atoms. The van der Waals surface area contributed by atoms with Gasteiger partial charge in [0.2, 0.25) is 11.8 Å². The van der Waals surface area contributed by atoms with E-state index in [9.17, 15) is 14.0 Å². The Morgan fingerprint density at radius 1 is 1.31 bits per heavy atom. The molecular weight excluding hydrogens is 335 g/mol. The summed E-state index contributed by atoms with van der Waals surface area (Å²) >= 11 is 0. The molecule has 26 heavy (non-hydrogen) atoms. The highest BCUT2D eigenvalue weighted by Crippen LogP contribution is 2.19. The molecule has 7 heteroatoms. The second-order valence-corrected chi connectivity index (χ2v) is 6.62. The predicted octanol–water partition coefficient (Wildman–Crippen LogP) is 1.96. The first-order valence-electron chi connectivity index (χ1n) is 8.84. The van der Waals surface area contributed by atoms with Crippen LogP contribution in [-0.2, 0) is 16.0 Å². The van der Waals surface area contributed by atoms with Crippen LogP contribution in [0.2, 0.25) is 0 Å². The van der Waals surface area contributed by atoms with Crippen molar-refractivity contribution >= 4 is 11.8 Å². The van der Waals surface area contributed by atoms with Crippen LogP contribution < -0.4 is 10.6 Å². The molecule has 6 nitrogen and oxygen atoms in total. The van der Waals surface area contributed by atoms with Crippen LogP contribution in [0.1, 0.15) is 36.2 Å². The number of nitrogens with one attached hydrogen (secondary N) is 2. The van der Waals surface area contributed by atoms with Crippen molar-refractivity contribution in [3.8, 4) is 5.69 Å². The van der Waals surface area contributed by atoms with Gasteiger partial charge in [-0.05, 0) is 57.4 Å². The molecule has 2 heterocycles. The van der Waals surface area contributed by atoms with Crippen LogP contribution >= 0.6 is 0 Å². The van der Waals surface area contributed by atoms with Gasteiger partial charge in [-0.3, -0.25) is 9.59 Å². The summed E-state index contributed by atoms with van der Waals surface area (Å²) in [5.74, 6) is -0.625. The Labute approximate surface area is 151 Å². The van der Waals surface area contributed by atoms with Crippen LogP contribution in [0.25, 0.3) is 5.69 Å². The quantitative estimate of drug-likeness (QED) is 0.877. The smallest absolute Gasteiger partial charge is 0.242 e. The molecule has 138 valence electrons. The van der Waals surface area contributed by atoms with E-state index in [-0.39, 0.29) is 24.1 Å². The summed E-state index contributed by atoms with van der Waals surface area (Å²) in [7, 11) is 0. The number of rotatable bonds is 4. The fourth-order valence-electron chi connectivity index (χ4n) is 3.25. The number of carbonyl (C=O) groups excluding carboxylic acids is 2. The first kappa shape index (κ1) is 18.1. The normalized spacial score (nSPS) is 17.5. The topological polar surface area (TPSA) is 76.0 Å². The summed E-state index contributed by atoms with van der Waals surface area (Å²) in [6.45, 7) is 4.38. The van der Waals surface area contributed by atoms with Gasteiger partial charge in [0, 0.05) is 17.8 Å². The number of nitrogens with zero attached hydrogens (tertiary/aromatic N) is 2. The first-order valence-corrected chi connectivity index (χ1v) is 8.84. The monoisotopic (exact) mass is 358 g/mol. The van der Waals surface area contributed by atoms with Gasteiger partial charge >= 0.3 is 0 Å². The van der Waals surface area contributed by atoms with E-state index in [4.69, 9.17) is 0 Å². The highest BCUT2D eigenvalue weighted by molar-refractivity contribution is 5.88. The van der Waals surface area contributed by atoms with Crippen LogP contribution in [0.5, 0.6) is 0 Å². The second kappa shape index (κ2) is 7.68. The molecule has 1 aliphatic rings. The molecule has 1 saturated heterocycles. The molecule has 1 atom stereocenters. The molecule has 2 amide bonds. The van der Waals surface area contributed by atoms with E-state index in [0.717, 1.165) is 35.5 Å². The average Bonchev–Trinajstić information content (AvgIpc) is 2.76. The zero-order chi connectivity index (χ0) is 18.7. The lowest BCUT2D eigenvalue weighted by Crippen LogP contribution is -2.46. The van der Waals surface area contributed by atoms with Gasteiger partial charge in [-0.1, -0.05) is 0 Å². The van der Waals surface area contributed by atoms with E-state index >= 15 is 0 Å². The number of halogens is 1. The molecule has 1 fully saturated rings. The van der Waals surface area contributed by atoms with E-state index in [2.05, 4.69) is 15.7 Å². The van der Waals surface area contributed by atoms with Gasteiger partial charge in [-0.15, -0.1) is 0 Å². The third kappa shape index (κ3) is 3.92. The maximum atomic E-state index is 13.1. The standard InChI is InChI=1S/C19H23FN4O2/c1-12-16(11-18(25)22-17-5-3-4-10-21-19(17)26)13(2)24(23-12)15-8-6-14(20)7-9-15/h6-9,17H,3-5,10-11H2,1-2H3,(H,21,26)(H,22,25). The number of hydrogen-bond donors (Lipinski definition) is 2. The number of benzene rings is 1. The van der Waals surface area contributed by atoms with E-state index in [1.165, 1.54) is 12.1 Å². The van der Waals surface area contributed by atoms with Crippen LogP contribution in [0.3, 0.4) is 0 Å². The molecule has 1 aromatic heterocycles. The Kier molecular flexibility index (Phi) is 5.35. The van der Waals surface area contributed by atoms with Gasteiger partial charge in [0.1, 0.15) is 11.9 Å². The highest BCUT2D eigenvalue weighted by atomic mass is 19.1. The number of amides is 2. The van der Waals surface area contributed by atoms with Crippen molar-refractivity contribution < 1.29 is 14.0 Å². The van der Waals surface area contributed by atoms with E-state index in [1.807, 2.05) is 13.8 Å². The number of aryl methyl sites for hydroxylation is 1. The Balaban J connectivity index is 1.74. The van der Waals surface area contributed by atoms with Crippen LogP contribution in [0.15, 0.2) is 24.3 Å². The highest BCUT2D eigenvalue weighted by Gasteiger charge is 2.23. The molecule has 1 aromatic carbocycles. The molecule has 1 aliphatic heterocycles. The van der Waals surface area contributed by atoms with E-state index in [1.54, 1.807) is 16.8 Å². The van der Waals surface area contributed by atoms with Crippen LogP contribution in [0, 0.1) is 19.7 Å². The molecule has 0 aliphatic carbocycles. The Morgan fingerprint density at radius 3 is 2.77 bits per heavy atom. The maximum absolute atomic E-state index is 13.1. The number of hydrogen-bond acceptors (Lipinski definition) is 3. The lowest BCUT2D eigenvalue weighted by atomic mass is 10.1. The van der Waals surface area contributed by atoms with Gasteiger partial charge in [-0.2, -0.15) is 5.10 Å². The van der Waals surface area contributed by atoms with Gasteiger partial charge in [0.25, 0.3) is 0 Å². The Bertz CT molecular complexity index is 814. The first-order chi connectivity index (χ1) is 12.5. The third-order valence-corrected chi connectivity index (χ3v) is 4.72. The van der Waals surface area contributed by atoms with Crippen molar-refractivity contribution in [2.45, 2.75) is 45.6 Å². The molecule has 0 radical (unpaired) electrons.